The number of ether oxygens (including phenoxy) is 2. The Kier molecular flexibility index (Phi) is 7.81. The molecular weight excluding hydrogens is 583 g/mol. The molecule has 0 amide bonds. The minimum absolute atomic E-state index is 0.0351. The summed E-state index contributed by atoms with van der Waals surface area (Å²) in [7, 11) is 0. The molecule has 2 aromatic heterocycles. The number of carboxylic acids is 1. The van der Waals surface area contributed by atoms with Gasteiger partial charge in [-0.15, -0.1) is 0 Å². The number of carboxylic acid groups (broad SMARTS) is 1. The molecule has 3 aromatic carbocycles. The van der Waals surface area contributed by atoms with Gasteiger partial charge in [-0.1, -0.05) is 30.7 Å². The standard InChI is InChI=1S/C32H25ClF3N3O4/c1-17-14-42-16-29(17)39-28-10-18(32(40)41)6-8-27(28)37-30(39)11-20-9-25(36)22(13-24(20)35)26-3-2-4-31(38-26)43-15-19-5-7-21(33)12-23(19)34/h2-10,12-13,17,29H,11,14-16H2,1H3,(H,40,41)/t17-,29+/m0/s1. The summed E-state index contributed by atoms with van der Waals surface area (Å²) < 4.78 is 58.3. The maximum Gasteiger partial charge on any atom is 0.335 e. The Labute approximate surface area is 249 Å². The van der Waals surface area contributed by atoms with Gasteiger partial charge in [-0.05, 0) is 54.1 Å². The summed E-state index contributed by atoms with van der Waals surface area (Å²) in [6.07, 6.45) is -0.0351. The number of hydrogen-bond acceptors (Lipinski definition) is 5. The Morgan fingerprint density at radius 1 is 1.00 bits per heavy atom. The van der Waals surface area contributed by atoms with E-state index >= 15 is 8.78 Å². The second-order valence-corrected chi connectivity index (χ2v) is 10.9. The quantitative estimate of drug-likeness (QED) is 0.200. The number of pyridine rings is 1. The third kappa shape index (κ3) is 5.80. The summed E-state index contributed by atoms with van der Waals surface area (Å²) in [5.74, 6) is -2.28. The molecular formula is C32H25ClF3N3O4. The molecule has 1 aliphatic rings. The number of benzene rings is 3. The fraction of sp³-hybridized carbons (Fsp3) is 0.219. The number of imidazole rings is 1. The number of hydrogen-bond donors (Lipinski definition) is 1. The predicted octanol–water partition coefficient (Wildman–Crippen LogP) is 7.24. The molecule has 0 saturated carbocycles. The van der Waals surface area contributed by atoms with Crippen LogP contribution in [-0.2, 0) is 17.8 Å². The van der Waals surface area contributed by atoms with Gasteiger partial charge in [0.2, 0.25) is 5.88 Å². The van der Waals surface area contributed by atoms with E-state index in [1.54, 1.807) is 18.2 Å². The van der Waals surface area contributed by atoms with Crippen molar-refractivity contribution in [3.05, 3.63) is 112 Å². The van der Waals surface area contributed by atoms with Crippen LogP contribution in [0, 0.1) is 23.4 Å². The van der Waals surface area contributed by atoms with Crippen LogP contribution in [0.15, 0.2) is 66.7 Å². The van der Waals surface area contributed by atoms with Gasteiger partial charge in [0.15, 0.2) is 0 Å². The van der Waals surface area contributed by atoms with Gasteiger partial charge in [0.05, 0.1) is 41.5 Å². The largest absolute Gasteiger partial charge is 0.478 e. The van der Waals surface area contributed by atoms with Crippen molar-refractivity contribution in [1.82, 2.24) is 14.5 Å². The Bertz CT molecular complexity index is 1860. The van der Waals surface area contributed by atoms with Crippen LogP contribution in [0.5, 0.6) is 5.88 Å². The van der Waals surface area contributed by atoms with Gasteiger partial charge in [-0.2, -0.15) is 0 Å². The summed E-state index contributed by atoms with van der Waals surface area (Å²) in [5, 5.41) is 9.78. The van der Waals surface area contributed by atoms with E-state index in [0.29, 0.717) is 30.1 Å². The first-order valence-corrected chi connectivity index (χ1v) is 13.9. The van der Waals surface area contributed by atoms with Gasteiger partial charge >= 0.3 is 5.97 Å². The number of aromatic nitrogens is 3. The van der Waals surface area contributed by atoms with Crippen LogP contribution < -0.4 is 4.74 Å². The number of halogens is 4. The molecule has 2 atom stereocenters. The third-order valence-electron chi connectivity index (χ3n) is 7.54. The molecule has 6 rings (SSSR count). The molecule has 0 aliphatic carbocycles. The van der Waals surface area contributed by atoms with Crippen molar-refractivity contribution < 1.29 is 32.5 Å². The highest BCUT2D eigenvalue weighted by Gasteiger charge is 2.30. The highest BCUT2D eigenvalue weighted by molar-refractivity contribution is 6.30. The van der Waals surface area contributed by atoms with Crippen molar-refractivity contribution in [3.8, 4) is 17.1 Å². The Morgan fingerprint density at radius 2 is 1.81 bits per heavy atom. The zero-order valence-electron chi connectivity index (χ0n) is 22.9. The summed E-state index contributed by atoms with van der Waals surface area (Å²) in [4.78, 5) is 20.6. The molecule has 7 nitrogen and oxygen atoms in total. The van der Waals surface area contributed by atoms with E-state index in [4.69, 9.17) is 21.1 Å². The molecule has 0 unspecified atom stereocenters. The molecule has 11 heteroatoms. The SMILES string of the molecule is C[C@H]1COC[C@H]1n1c(Cc2cc(F)c(-c3cccc(OCc4ccc(Cl)cc4F)n3)cc2F)nc2ccc(C(=O)O)cc21. The topological polar surface area (TPSA) is 86.5 Å². The third-order valence-corrected chi connectivity index (χ3v) is 7.78. The Hall–Kier alpha value is -4.41. The van der Waals surface area contributed by atoms with E-state index in [2.05, 4.69) is 9.97 Å². The fourth-order valence-corrected chi connectivity index (χ4v) is 5.43. The molecule has 5 aromatic rings. The van der Waals surface area contributed by atoms with Gasteiger partial charge < -0.3 is 19.1 Å². The molecule has 0 bridgehead atoms. The van der Waals surface area contributed by atoms with Crippen LogP contribution >= 0.6 is 11.6 Å². The number of nitrogens with zero attached hydrogens (tertiary/aromatic N) is 3. The van der Waals surface area contributed by atoms with Gasteiger partial charge in [0.25, 0.3) is 0 Å². The van der Waals surface area contributed by atoms with Crippen molar-refractivity contribution in [2.75, 3.05) is 13.2 Å². The minimum atomic E-state index is -1.07. The average Bonchev–Trinajstić information content (AvgIpc) is 3.55. The Morgan fingerprint density at radius 3 is 2.56 bits per heavy atom. The van der Waals surface area contributed by atoms with E-state index in [-0.39, 0.29) is 63.8 Å². The zero-order valence-corrected chi connectivity index (χ0v) is 23.6. The predicted molar refractivity (Wildman–Crippen MR) is 154 cm³/mol. The number of aromatic carboxylic acids is 1. The first-order valence-electron chi connectivity index (χ1n) is 13.5. The molecule has 3 heterocycles. The zero-order chi connectivity index (χ0) is 30.2. The number of carbonyl (C=O) groups is 1. The van der Waals surface area contributed by atoms with Crippen LogP contribution in [0.25, 0.3) is 22.3 Å². The molecule has 1 saturated heterocycles. The second kappa shape index (κ2) is 11.7. The number of rotatable bonds is 8. The van der Waals surface area contributed by atoms with E-state index in [1.165, 1.54) is 36.4 Å². The van der Waals surface area contributed by atoms with Gasteiger partial charge in [0.1, 0.15) is 29.9 Å². The molecule has 0 radical (unpaired) electrons. The minimum Gasteiger partial charge on any atom is -0.478 e. The van der Waals surface area contributed by atoms with Crippen molar-refractivity contribution >= 4 is 28.6 Å². The smallest absolute Gasteiger partial charge is 0.335 e. The summed E-state index contributed by atoms with van der Waals surface area (Å²) >= 11 is 5.80. The van der Waals surface area contributed by atoms with Gasteiger partial charge in [-0.3, -0.25) is 0 Å². The van der Waals surface area contributed by atoms with Crippen LogP contribution in [0.4, 0.5) is 13.2 Å². The van der Waals surface area contributed by atoms with Crippen molar-refractivity contribution in [2.24, 2.45) is 5.92 Å². The van der Waals surface area contributed by atoms with E-state index in [0.717, 1.165) is 12.1 Å². The van der Waals surface area contributed by atoms with E-state index < -0.39 is 23.4 Å². The molecule has 220 valence electrons. The van der Waals surface area contributed by atoms with Crippen molar-refractivity contribution in [2.45, 2.75) is 26.0 Å². The highest BCUT2D eigenvalue weighted by Crippen LogP contribution is 2.33. The monoisotopic (exact) mass is 607 g/mol. The lowest BCUT2D eigenvalue weighted by molar-refractivity contribution is 0.0697. The molecule has 1 aliphatic heterocycles. The van der Waals surface area contributed by atoms with E-state index in [9.17, 15) is 14.3 Å². The molecule has 1 N–H and O–H groups in total. The van der Waals surface area contributed by atoms with Crippen molar-refractivity contribution in [3.63, 3.8) is 0 Å². The summed E-state index contributed by atoms with van der Waals surface area (Å²) in [5.41, 5.74) is 1.66. The van der Waals surface area contributed by atoms with Crippen LogP contribution in [0.3, 0.4) is 0 Å². The second-order valence-electron chi connectivity index (χ2n) is 10.5. The van der Waals surface area contributed by atoms with E-state index in [1.807, 2.05) is 11.5 Å². The lowest BCUT2D eigenvalue weighted by Crippen LogP contribution is -2.18. The lowest BCUT2D eigenvalue weighted by Gasteiger charge is -2.20. The van der Waals surface area contributed by atoms with Crippen LogP contribution in [0.1, 0.15) is 40.3 Å². The fourth-order valence-electron chi connectivity index (χ4n) is 5.28. The lowest BCUT2D eigenvalue weighted by atomic mass is 10.0. The first kappa shape index (κ1) is 28.7. The van der Waals surface area contributed by atoms with Crippen LogP contribution in [0.2, 0.25) is 5.02 Å². The van der Waals surface area contributed by atoms with Gasteiger partial charge in [-0.25, -0.2) is 27.9 Å². The molecule has 43 heavy (non-hydrogen) atoms. The molecule has 0 spiro atoms. The van der Waals surface area contributed by atoms with Crippen molar-refractivity contribution in [1.29, 1.82) is 0 Å². The first-order chi connectivity index (χ1) is 20.7. The molecule has 1 fully saturated rings. The normalized spacial score (nSPS) is 16.6. The average molecular weight is 608 g/mol. The maximum absolute atomic E-state index is 15.5. The van der Waals surface area contributed by atoms with Gasteiger partial charge in [0, 0.05) is 34.6 Å². The summed E-state index contributed by atoms with van der Waals surface area (Å²) in [6, 6.07) is 15.5. The Balaban J connectivity index is 1.30. The summed E-state index contributed by atoms with van der Waals surface area (Å²) in [6.45, 7) is 2.79. The van der Waals surface area contributed by atoms with Crippen LogP contribution in [-0.4, -0.2) is 38.8 Å². The highest BCUT2D eigenvalue weighted by atomic mass is 35.5. The maximum atomic E-state index is 15.5. The number of fused-ring (bicyclic) bond motifs is 1.